The van der Waals surface area contributed by atoms with Crippen molar-refractivity contribution < 1.29 is 23.7 Å². The molecule has 1 aromatic heterocycles. The second kappa shape index (κ2) is 9.18. The highest BCUT2D eigenvalue weighted by atomic mass is 16.6. The minimum atomic E-state index is -0.656. The molecule has 0 unspecified atom stereocenters. The van der Waals surface area contributed by atoms with E-state index in [2.05, 4.69) is 10.9 Å². The number of nitrogens with zero attached hydrogens (tertiary/aromatic N) is 3. The number of nitro benzene ring substituents is 1. The van der Waals surface area contributed by atoms with Crippen molar-refractivity contribution in [1.82, 2.24) is 20.7 Å². The summed E-state index contributed by atoms with van der Waals surface area (Å²) in [5.41, 5.74) is 4.38. The maximum absolute atomic E-state index is 12.4. The van der Waals surface area contributed by atoms with Crippen LogP contribution in [-0.4, -0.2) is 65.2 Å². The van der Waals surface area contributed by atoms with Crippen molar-refractivity contribution in [3.63, 3.8) is 0 Å². The minimum absolute atomic E-state index is 0.0388. The van der Waals surface area contributed by atoms with E-state index in [1.807, 2.05) is 4.90 Å². The number of carbonyl (C=O) groups is 3. The number of piperazine rings is 1. The molecule has 2 N–H and O–H groups in total. The highest BCUT2D eigenvalue weighted by Gasteiger charge is 2.25. The summed E-state index contributed by atoms with van der Waals surface area (Å²) in [6, 6.07) is 8.56. The van der Waals surface area contributed by atoms with Gasteiger partial charge in [-0.15, -0.1) is 0 Å². The normalized spacial score (nSPS) is 14.2. The van der Waals surface area contributed by atoms with Crippen LogP contribution in [0.25, 0.3) is 0 Å². The minimum Gasteiger partial charge on any atom is -0.456 e. The number of carbonyl (C=O) groups excluding carboxylic acids is 3. The molecular formula is C19H21N5O6. The van der Waals surface area contributed by atoms with Crippen LogP contribution in [-0.2, 0) is 4.79 Å². The monoisotopic (exact) mass is 415 g/mol. The molecule has 1 aromatic carbocycles. The van der Waals surface area contributed by atoms with Gasteiger partial charge in [0.1, 0.15) is 5.76 Å². The molecule has 0 saturated carbocycles. The number of non-ortho nitro benzene ring substituents is 1. The molecule has 1 fully saturated rings. The van der Waals surface area contributed by atoms with Crippen LogP contribution in [0.4, 0.5) is 5.69 Å². The predicted molar refractivity (Wildman–Crippen MR) is 104 cm³/mol. The van der Waals surface area contributed by atoms with E-state index in [1.54, 1.807) is 24.0 Å². The predicted octanol–water partition coefficient (Wildman–Crippen LogP) is 0.715. The van der Waals surface area contributed by atoms with Gasteiger partial charge in [-0.1, -0.05) is 6.07 Å². The summed E-state index contributed by atoms with van der Waals surface area (Å²) in [6.45, 7) is 3.70. The van der Waals surface area contributed by atoms with E-state index >= 15 is 0 Å². The number of nitro groups is 1. The molecule has 0 spiro atoms. The summed E-state index contributed by atoms with van der Waals surface area (Å²) in [6.07, 6.45) is 0. The fourth-order valence-corrected chi connectivity index (χ4v) is 3.02. The van der Waals surface area contributed by atoms with Crippen molar-refractivity contribution in [2.75, 3.05) is 32.7 Å². The molecule has 30 heavy (non-hydrogen) atoms. The number of benzene rings is 1. The average molecular weight is 415 g/mol. The second-order valence-corrected chi connectivity index (χ2v) is 6.79. The summed E-state index contributed by atoms with van der Waals surface area (Å²) in [4.78, 5) is 50.2. The number of furan rings is 1. The number of nitrogens with one attached hydrogen (secondary N) is 2. The van der Waals surface area contributed by atoms with Crippen LogP contribution in [0.2, 0.25) is 0 Å². The van der Waals surface area contributed by atoms with E-state index in [4.69, 9.17) is 4.42 Å². The molecule has 11 nitrogen and oxygen atoms in total. The average Bonchev–Trinajstić information content (AvgIpc) is 3.18. The number of hydrogen-bond donors (Lipinski definition) is 2. The summed E-state index contributed by atoms with van der Waals surface area (Å²) in [7, 11) is 0. The standard InChI is InChI=1S/C19H21N5O6/c1-13-5-6-16(30-13)19(27)23-9-7-22(8-10-23)12-17(25)20-21-18(26)14-3-2-4-15(11-14)24(28)29/h2-6,11H,7-10,12H2,1H3,(H,20,25)(H,21,26). The number of rotatable bonds is 5. The fraction of sp³-hybridized carbons (Fsp3) is 0.316. The number of aryl methyl sites for hydroxylation is 1. The third-order valence-electron chi connectivity index (χ3n) is 4.61. The molecule has 1 aliphatic rings. The molecule has 0 aliphatic carbocycles. The van der Waals surface area contributed by atoms with Gasteiger partial charge in [0.2, 0.25) is 0 Å². The molecule has 0 radical (unpaired) electrons. The molecule has 0 atom stereocenters. The van der Waals surface area contributed by atoms with Gasteiger partial charge in [-0.05, 0) is 25.1 Å². The Morgan fingerprint density at radius 1 is 1.10 bits per heavy atom. The van der Waals surface area contributed by atoms with Gasteiger partial charge in [0.05, 0.1) is 11.5 Å². The largest absolute Gasteiger partial charge is 0.456 e. The molecule has 1 aliphatic heterocycles. The first-order valence-electron chi connectivity index (χ1n) is 9.25. The van der Waals surface area contributed by atoms with Crippen molar-refractivity contribution in [1.29, 1.82) is 0 Å². The van der Waals surface area contributed by atoms with Gasteiger partial charge in [0.15, 0.2) is 5.76 Å². The summed E-state index contributed by atoms with van der Waals surface area (Å²) < 4.78 is 5.35. The van der Waals surface area contributed by atoms with Crippen LogP contribution in [0.3, 0.4) is 0 Å². The van der Waals surface area contributed by atoms with Crippen LogP contribution in [0.1, 0.15) is 26.7 Å². The van der Waals surface area contributed by atoms with Crippen molar-refractivity contribution in [2.45, 2.75) is 6.92 Å². The van der Waals surface area contributed by atoms with E-state index in [1.165, 1.54) is 18.2 Å². The Balaban J connectivity index is 1.43. The zero-order chi connectivity index (χ0) is 21.7. The quantitative estimate of drug-likeness (QED) is 0.542. The van der Waals surface area contributed by atoms with E-state index in [-0.39, 0.29) is 23.7 Å². The molecule has 0 bridgehead atoms. The highest BCUT2D eigenvalue weighted by Crippen LogP contribution is 2.13. The van der Waals surface area contributed by atoms with Crippen LogP contribution < -0.4 is 10.9 Å². The summed E-state index contributed by atoms with van der Waals surface area (Å²) in [5, 5.41) is 10.8. The third-order valence-corrected chi connectivity index (χ3v) is 4.61. The van der Waals surface area contributed by atoms with Gasteiger partial charge in [-0.25, -0.2) is 0 Å². The topological polar surface area (TPSA) is 138 Å². The van der Waals surface area contributed by atoms with Crippen LogP contribution in [0, 0.1) is 17.0 Å². The van der Waals surface area contributed by atoms with Gasteiger partial charge >= 0.3 is 0 Å². The lowest BCUT2D eigenvalue weighted by Gasteiger charge is -2.33. The van der Waals surface area contributed by atoms with Crippen molar-refractivity contribution in [3.8, 4) is 0 Å². The maximum atomic E-state index is 12.4. The zero-order valence-electron chi connectivity index (χ0n) is 16.3. The van der Waals surface area contributed by atoms with Gasteiger partial charge in [0.25, 0.3) is 23.4 Å². The fourth-order valence-electron chi connectivity index (χ4n) is 3.02. The van der Waals surface area contributed by atoms with Crippen LogP contribution >= 0.6 is 0 Å². The van der Waals surface area contributed by atoms with Crippen molar-refractivity contribution in [3.05, 3.63) is 63.6 Å². The molecule has 11 heteroatoms. The summed E-state index contributed by atoms with van der Waals surface area (Å²) >= 11 is 0. The summed E-state index contributed by atoms with van der Waals surface area (Å²) in [5.74, 6) is -0.314. The van der Waals surface area contributed by atoms with Crippen LogP contribution in [0.5, 0.6) is 0 Å². The molecule has 3 rings (SSSR count). The van der Waals surface area contributed by atoms with E-state index in [0.29, 0.717) is 37.7 Å². The van der Waals surface area contributed by atoms with Crippen molar-refractivity contribution >= 4 is 23.4 Å². The maximum Gasteiger partial charge on any atom is 0.289 e. The van der Waals surface area contributed by atoms with Crippen molar-refractivity contribution in [2.24, 2.45) is 0 Å². The van der Waals surface area contributed by atoms with E-state index in [9.17, 15) is 24.5 Å². The molecular weight excluding hydrogens is 394 g/mol. The molecule has 2 aromatic rings. The lowest BCUT2D eigenvalue weighted by molar-refractivity contribution is -0.384. The smallest absolute Gasteiger partial charge is 0.289 e. The number of hydrazine groups is 1. The molecule has 2 heterocycles. The zero-order valence-corrected chi connectivity index (χ0v) is 16.3. The second-order valence-electron chi connectivity index (χ2n) is 6.79. The van der Waals surface area contributed by atoms with Gasteiger partial charge in [0, 0.05) is 43.9 Å². The Hall–Kier alpha value is -3.73. The molecule has 158 valence electrons. The Morgan fingerprint density at radius 2 is 1.83 bits per heavy atom. The third kappa shape index (κ3) is 5.20. The Bertz CT molecular complexity index is 964. The van der Waals surface area contributed by atoms with Gasteiger partial charge in [-0.2, -0.15) is 0 Å². The lowest BCUT2D eigenvalue weighted by Crippen LogP contribution is -2.52. The van der Waals surface area contributed by atoms with E-state index in [0.717, 1.165) is 6.07 Å². The highest BCUT2D eigenvalue weighted by molar-refractivity contribution is 5.96. The van der Waals surface area contributed by atoms with E-state index < -0.39 is 16.7 Å². The SMILES string of the molecule is Cc1ccc(C(=O)N2CCN(CC(=O)NNC(=O)c3cccc([N+](=O)[O-])c3)CC2)o1. The molecule has 1 saturated heterocycles. The first-order valence-corrected chi connectivity index (χ1v) is 9.25. The first kappa shape index (κ1) is 21.0. The number of hydrogen-bond acceptors (Lipinski definition) is 7. The Labute approximate surface area is 171 Å². The first-order chi connectivity index (χ1) is 14.3. The lowest BCUT2D eigenvalue weighted by atomic mass is 10.2. The Morgan fingerprint density at radius 3 is 2.47 bits per heavy atom. The number of amides is 3. The Kier molecular flexibility index (Phi) is 6.42. The van der Waals surface area contributed by atoms with Crippen LogP contribution in [0.15, 0.2) is 40.8 Å². The molecule has 3 amide bonds. The van der Waals surface area contributed by atoms with Gasteiger partial charge in [-0.3, -0.25) is 40.2 Å². The van der Waals surface area contributed by atoms with Gasteiger partial charge < -0.3 is 9.32 Å².